The summed E-state index contributed by atoms with van der Waals surface area (Å²) in [4.78, 5) is 13.8. The van der Waals surface area contributed by atoms with Gasteiger partial charge in [0.25, 0.3) is 0 Å². The molecule has 0 saturated heterocycles. The Morgan fingerprint density at radius 3 is 2.56 bits per heavy atom. The van der Waals surface area contributed by atoms with Crippen molar-refractivity contribution in [3.8, 4) is 0 Å². The van der Waals surface area contributed by atoms with Crippen molar-refractivity contribution in [2.75, 3.05) is 18.2 Å². The molecule has 18 heavy (non-hydrogen) atoms. The first-order valence-corrected chi connectivity index (χ1v) is 6.88. The Morgan fingerprint density at radius 1 is 1.39 bits per heavy atom. The molecule has 3 nitrogen and oxygen atoms in total. The molecule has 1 atom stereocenters. The zero-order valence-corrected chi connectivity index (χ0v) is 11.8. The van der Waals surface area contributed by atoms with Gasteiger partial charge >= 0.3 is 0 Å². The first kappa shape index (κ1) is 14.8. The number of para-hydroxylation sites is 1. The summed E-state index contributed by atoms with van der Waals surface area (Å²) in [7, 11) is 0. The summed E-state index contributed by atoms with van der Waals surface area (Å²) >= 11 is 5.80. The maximum atomic E-state index is 12.0. The van der Waals surface area contributed by atoms with Gasteiger partial charge in [-0.15, -0.1) is 11.6 Å². The molecule has 0 fully saturated rings. The van der Waals surface area contributed by atoms with Crippen LogP contribution in [0.1, 0.15) is 38.3 Å². The maximum Gasteiger partial charge on any atom is 0.222 e. The molecule has 0 aliphatic carbocycles. The van der Waals surface area contributed by atoms with Crippen LogP contribution in [0.15, 0.2) is 24.3 Å². The zero-order chi connectivity index (χ0) is 13.5. The minimum absolute atomic E-state index is 0.0115. The van der Waals surface area contributed by atoms with Gasteiger partial charge in [0, 0.05) is 24.5 Å². The van der Waals surface area contributed by atoms with Gasteiger partial charge in [0.05, 0.1) is 6.04 Å². The number of halogens is 1. The summed E-state index contributed by atoms with van der Waals surface area (Å²) in [6.07, 6.45) is 1.32. The number of anilines is 1. The van der Waals surface area contributed by atoms with Gasteiger partial charge in [0.15, 0.2) is 0 Å². The first-order valence-electron chi connectivity index (χ1n) is 6.35. The molecule has 1 aromatic rings. The number of carbonyl (C=O) groups is 1. The number of nitrogens with zero attached hydrogens (tertiary/aromatic N) is 1. The van der Waals surface area contributed by atoms with E-state index in [0.29, 0.717) is 18.8 Å². The van der Waals surface area contributed by atoms with E-state index < -0.39 is 0 Å². The van der Waals surface area contributed by atoms with Crippen molar-refractivity contribution < 1.29 is 4.79 Å². The topological polar surface area (TPSA) is 46.3 Å². The molecule has 0 bridgehead atoms. The second-order valence-electron chi connectivity index (χ2n) is 4.18. The average molecular weight is 269 g/mol. The summed E-state index contributed by atoms with van der Waals surface area (Å²) < 4.78 is 0. The minimum Gasteiger partial charge on any atom is -0.398 e. The molecule has 0 spiro atoms. The van der Waals surface area contributed by atoms with Crippen LogP contribution in [0.25, 0.3) is 0 Å². The zero-order valence-electron chi connectivity index (χ0n) is 11.0. The molecule has 0 aliphatic rings. The lowest BCUT2D eigenvalue weighted by Crippen LogP contribution is -2.36. The van der Waals surface area contributed by atoms with Gasteiger partial charge in [0.2, 0.25) is 5.91 Å². The lowest BCUT2D eigenvalue weighted by atomic mass is 10.0. The summed E-state index contributed by atoms with van der Waals surface area (Å²) in [6.45, 7) is 4.48. The second-order valence-corrected chi connectivity index (χ2v) is 4.56. The Labute approximate surface area is 114 Å². The highest BCUT2D eigenvalue weighted by Gasteiger charge is 2.23. The number of alkyl halides is 1. The minimum atomic E-state index is 0.0115. The van der Waals surface area contributed by atoms with Crippen molar-refractivity contribution in [2.45, 2.75) is 32.7 Å². The normalized spacial score (nSPS) is 12.2. The molecule has 1 unspecified atom stereocenters. The lowest BCUT2D eigenvalue weighted by Gasteiger charge is -2.31. The van der Waals surface area contributed by atoms with Crippen molar-refractivity contribution >= 4 is 23.2 Å². The lowest BCUT2D eigenvalue weighted by molar-refractivity contribution is -0.133. The fraction of sp³-hybridized carbons (Fsp3) is 0.500. The average Bonchev–Trinajstić information content (AvgIpc) is 2.39. The Morgan fingerprint density at radius 2 is 2.06 bits per heavy atom. The van der Waals surface area contributed by atoms with Crippen LogP contribution >= 0.6 is 11.6 Å². The Balaban J connectivity index is 3.06. The van der Waals surface area contributed by atoms with E-state index in [4.69, 9.17) is 17.3 Å². The largest absolute Gasteiger partial charge is 0.398 e. The number of benzene rings is 1. The maximum absolute atomic E-state index is 12.0. The summed E-state index contributed by atoms with van der Waals surface area (Å²) in [5, 5.41) is 0. The van der Waals surface area contributed by atoms with Crippen LogP contribution in [-0.4, -0.2) is 23.2 Å². The van der Waals surface area contributed by atoms with Crippen LogP contribution in [0.4, 0.5) is 5.69 Å². The number of nitrogens with two attached hydrogens (primary N) is 1. The standard InChI is InChI=1S/C14H21ClN2O/c1-3-13(11-7-5-6-8-12(11)16)17(10-9-15)14(18)4-2/h5-8,13H,3-4,9-10,16H2,1-2H3. The Bertz CT molecular complexity index is 395. The van der Waals surface area contributed by atoms with Crippen LogP contribution in [0, 0.1) is 0 Å². The van der Waals surface area contributed by atoms with Crippen molar-refractivity contribution in [1.82, 2.24) is 4.90 Å². The monoisotopic (exact) mass is 268 g/mol. The predicted octanol–water partition coefficient (Wildman–Crippen LogP) is 3.20. The van der Waals surface area contributed by atoms with E-state index in [1.54, 1.807) is 0 Å². The summed E-state index contributed by atoms with van der Waals surface area (Å²) in [6, 6.07) is 7.71. The van der Waals surface area contributed by atoms with Crippen LogP contribution in [-0.2, 0) is 4.79 Å². The fourth-order valence-electron chi connectivity index (χ4n) is 2.17. The van der Waals surface area contributed by atoms with Crippen LogP contribution in [0.5, 0.6) is 0 Å². The van der Waals surface area contributed by atoms with E-state index >= 15 is 0 Å². The molecule has 4 heteroatoms. The predicted molar refractivity (Wildman–Crippen MR) is 76.6 cm³/mol. The van der Waals surface area contributed by atoms with Gasteiger partial charge in [-0.2, -0.15) is 0 Å². The third kappa shape index (κ3) is 3.39. The third-order valence-corrected chi connectivity index (χ3v) is 3.24. The van der Waals surface area contributed by atoms with E-state index in [-0.39, 0.29) is 11.9 Å². The van der Waals surface area contributed by atoms with Gasteiger partial charge in [-0.05, 0) is 18.1 Å². The number of rotatable bonds is 6. The van der Waals surface area contributed by atoms with Gasteiger partial charge in [-0.3, -0.25) is 4.79 Å². The molecule has 100 valence electrons. The Hall–Kier alpha value is -1.22. The highest BCUT2D eigenvalue weighted by molar-refractivity contribution is 6.18. The van der Waals surface area contributed by atoms with Crippen LogP contribution < -0.4 is 5.73 Å². The molecule has 2 N–H and O–H groups in total. The third-order valence-electron chi connectivity index (χ3n) is 3.07. The highest BCUT2D eigenvalue weighted by Crippen LogP contribution is 2.29. The molecule has 0 radical (unpaired) electrons. The molecule has 1 aromatic carbocycles. The molecule has 1 rings (SSSR count). The number of carbonyl (C=O) groups excluding carboxylic acids is 1. The number of amides is 1. The van der Waals surface area contributed by atoms with E-state index in [1.165, 1.54) is 0 Å². The molecule has 1 amide bonds. The van der Waals surface area contributed by atoms with Gasteiger partial charge < -0.3 is 10.6 Å². The molecular weight excluding hydrogens is 248 g/mol. The van der Waals surface area contributed by atoms with Crippen LogP contribution in [0.3, 0.4) is 0 Å². The second kappa shape index (κ2) is 7.27. The van der Waals surface area contributed by atoms with Crippen molar-refractivity contribution in [2.24, 2.45) is 0 Å². The first-order chi connectivity index (χ1) is 8.65. The SMILES string of the molecule is CCC(=O)N(CCCl)C(CC)c1ccccc1N. The van der Waals surface area contributed by atoms with Gasteiger partial charge in [-0.25, -0.2) is 0 Å². The summed E-state index contributed by atoms with van der Waals surface area (Å²) in [5.41, 5.74) is 7.74. The van der Waals surface area contributed by atoms with E-state index in [2.05, 4.69) is 6.92 Å². The fourth-order valence-corrected chi connectivity index (χ4v) is 2.35. The van der Waals surface area contributed by atoms with Gasteiger partial charge in [0.1, 0.15) is 0 Å². The quantitative estimate of drug-likeness (QED) is 0.636. The number of nitrogen functional groups attached to an aromatic ring is 1. The molecule has 0 heterocycles. The van der Waals surface area contributed by atoms with E-state index in [1.807, 2.05) is 36.1 Å². The molecule has 0 aromatic heterocycles. The smallest absolute Gasteiger partial charge is 0.222 e. The van der Waals surface area contributed by atoms with Crippen molar-refractivity contribution in [1.29, 1.82) is 0 Å². The molecule has 0 aliphatic heterocycles. The highest BCUT2D eigenvalue weighted by atomic mass is 35.5. The van der Waals surface area contributed by atoms with E-state index in [0.717, 1.165) is 17.7 Å². The van der Waals surface area contributed by atoms with Gasteiger partial charge in [-0.1, -0.05) is 32.0 Å². The summed E-state index contributed by atoms with van der Waals surface area (Å²) in [5.74, 6) is 0.556. The van der Waals surface area contributed by atoms with Crippen molar-refractivity contribution in [3.63, 3.8) is 0 Å². The van der Waals surface area contributed by atoms with E-state index in [9.17, 15) is 4.79 Å². The number of hydrogen-bond donors (Lipinski definition) is 1. The van der Waals surface area contributed by atoms with Crippen LogP contribution in [0.2, 0.25) is 0 Å². The number of hydrogen-bond acceptors (Lipinski definition) is 2. The molecule has 0 saturated carbocycles. The Kier molecular flexibility index (Phi) is 5.99. The molecular formula is C14H21ClN2O. The van der Waals surface area contributed by atoms with Crippen molar-refractivity contribution in [3.05, 3.63) is 29.8 Å².